The highest BCUT2D eigenvalue weighted by Gasteiger charge is 2.46. The average molecular weight is 452 g/mol. The van der Waals surface area contributed by atoms with E-state index in [2.05, 4.69) is 13.8 Å². The molecule has 0 aromatic heterocycles. The van der Waals surface area contributed by atoms with Gasteiger partial charge in [0.25, 0.3) is 11.7 Å². The first-order valence-corrected chi connectivity index (χ1v) is 11.3. The predicted octanol–water partition coefficient (Wildman–Crippen LogP) is 4.97. The number of methoxy groups -OCH3 is 1. The van der Waals surface area contributed by atoms with Crippen LogP contribution in [0.5, 0.6) is 5.75 Å². The number of carbonyl (C=O) groups is 2. The maximum Gasteiger partial charge on any atom is 0.295 e. The molecule has 33 heavy (non-hydrogen) atoms. The van der Waals surface area contributed by atoms with Crippen LogP contribution in [0.1, 0.15) is 61.9 Å². The second-order valence-corrected chi connectivity index (χ2v) is 8.91. The highest BCUT2D eigenvalue weighted by molar-refractivity contribution is 6.46. The van der Waals surface area contributed by atoms with Crippen LogP contribution in [0, 0.1) is 6.92 Å². The Hall–Kier alpha value is -3.12. The summed E-state index contributed by atoms with van der Waals surface area (Å²) in [7, 11) is 1.57. The number of carbonyl (C=O) groups excluding carboxylic acids is 2. The van der Waals surface area contributed by atoms with E-state index in [1.807, 2.05) is 45.0 Å². The Morgan fingerprint density at radius 1 is 1.06 bits per heavy atom. The molecule has 0 aliphatic carbocycles. The molecule has 0 saturated carbocycles. The zero-order valence-electron chi connectivity index (χ0n) is 20.2. The number of ketones is 1. The molecular weight excluding hydrogens is 418 g/mol. The van der Waals surface area contributed by atoms with Crippen molar-refractivity contribution >= 4 is 17.4 Å². The summed E-state index contributed by atoms with van der Waals surface area (Å²) in [5.74, 6) is -0.500. The summed E-state index contributed by atoms with van der Waals surface area (Å²) < 4.78 is 10.9. The molecule has 2 aromatic carbocycles. The van der Waals surface area contributed by atoms with Crippen LogP contribution in [0.25, 0.3) is 5.76 Å². The molecule has 2 aromatic rings. The zero-order chi connectivity index (χ0) is 24.3. The van der Waals surface area contributed by atoms with E-state index >= 15 is 0 Å². The summed E-state index contributed by atoms with van der Waals surface area (Å²) in [6.07, 6.45) is 0.00699. The lowest BCUT2D eigenvalue weighted by Crippen LogP contribution is -2.33. The second kappa shape index (κ2) is 10.2. The number of likely N-dealkylation sites (tertiary alicyclic amines) is 1. The molecular formula is C27H33NO5. The van der Waals surface area contributed by atoms with E-state index in [-0.39, 0.29) is 24.0 Å². The van der Waals surface area contributed by atoms with Crippen LogP contribution in [0.3, 0.4) is 0 Å². The van der Waals surface area contributed by atoms with Gasteiger partial charge in [-0.15, -0.1) is 0 Å². The highest BCUT2D eigenvalue weighted by atomic mass is 16.5. The van der Waals surface area contributed by atoms with Gasteiger partial charge in [0, 0.05) is 12.1 Å². The lowest BCUT2D eigenvalue weighted by atomic mass is 9.92. The van der Waals surface area contributed by atoms with Crippen molar-refractivity contribution in [2.24, 2.45) is 0 Å². The lowest BCUT2D eigenvalue weighted by molar-refractivity contribution is -0.140. The van der Waals surface area contributed by atoms with Gasteiger partial charge in [-0.1, -0.05) is 38.1 Å². The van der Waals surface area contributed by atoms with Crippen LogP contribution in [-0.2, 0) is 14.3 Å². The monoisotopic (exact) mass is 451 g/mol. The number of aryl methyl sites for hydroxylation is 1. The SMILES string of the molecule is COc1ccc(/C(O)=C2/C(=O)C(=O)N(CCOC(C)C)C2c2ccc(C(C)C)cc2)c(C)c1. The number of hydrogen-bond acceptors (Lipinski definition) is 5. The van der Waals surface area contributed by atoms with Crippen molar-refractivity contribution in [3.8, 4) is 5.75 Å². The van der Waals surface area contributed by atoms with Gasteiger partial charge in [-0.25, -0.2) is 0 Å². The van der Waals surface area contributed by atoms with Gasteiger partial charge in [0.2, 0.25) is 0 Å². The first kappa shape index (κ1) is 24.5. The van der Waals surface area contributed by atoms with Gasteiger partial charge in [-0.3, -0.25) is 9.59 Å². The quantitative estimate of drug-likeness (QED) is 0.348. The molecule has 1 atom stereocenters. The van der Waals surface area contributed by atoms with E-state index < -0.39 is 17.7 Å². The molecule has 176 valence electrons. The smallest absolute Gasteiger partial charge is 0.295 e. The van der Waals surface area contributed by atoms with Gasteiger partial charge in [-0.2, -0.15) is 0 Å². The van der Waals surface area contributed by atoms with E-state index in [0.717, 1.165) is 16.7 Å². The lowest BCUT2D eigenvalue weighted by Gasteiger charge is -2.26. The number of rotatable bonds is 8. The first-order chi connectivity index (χ1) is 15.6. The Kier molecular flexibility index (Phi) is 7.59. The van der Waals surface area contributed by atoms with E-state index in [1.54, 1.807) is 25.3 Å². The molecule has 1 amide bonds. The van der Waals surface area contributed by atoms with Crippen LogP contribution in [0.4, 0.5) is 0 Å². The summed E-state index contributed by atoms with van der Waals surface area (Å²) in [5.41, 5.74) is 3.27. The summed E-state index contributed by atoms with van der Waals surface area (Å²) >= 11 is 0. The maximum absolute atomic E-state index is 13.1. The Balaban J connectivity index is 2.12. The predicted molar refractivity (Wildman–Crippen MR) is 128 cm³/mol. The second-order valence-electron chi connectivity index (χ2n) is 8.91. The molecule has 1 N–H and O–H groups in total. The van der Waals surface area contributed by atoms with Crippen LogP contribution in [0.2, 0.25) is 0 Å². The van der Waals surface area contributed by atoms with Gasteiger partial charge in [-0.05, 0) is 61.6 Å². The molecule has 6 heteroatoms. The van der Waals surface area contributed by atoms with Gasteiger partial charge >= 0.3 is 0 Å². The van der Waals surface area contributed by atoms with Crippen molar-refractivity contribution in [3.05, 3.63) is 70.3 Å². The van der Waals surface area contributed by atoms with Crippen molar-refractivity contribution < 1.29 is 24.2 Å². The third-order valence-electron chi connectivity index (χ3n) is 5.93. The number of aliphatic hydroxyl groups is 1. The molecule has 1 unspecified atom stereocenters. The normalized spacial score (nSPS) is 17.9. The Bertz CT molecular complexity index is 1050. The number of Topliss-reactive ketones (excluding diaryl/α,β-unsaturated/α-hetero) is 1. The largest absolute Gasteiger partial charge is 0.507 e. The van der Waals surface area contributed by atoms with E-state index in [0.29, 0.717) is 23.8 Å². The third kappa shape index (κ3) is 5.11. The van der Waals surface area contributed by atoms with Crippen molar-refractivity contribution in [1.82, 2.24) is 4.90 Å². The molecule has 0 bridgehead atoms. The number of aliphatic hydroxyl groups excluding tert-OH is 1. The number of hydrogen-bond donors (Lipinski definition) is 1. The van der Waals surface area contributed by atoms with Crippen LogP contribution >= 0.6 is 0 Å². The minimum Gasteiger partial charge on any atom is -0.507 e. The number of amides is 1. The van der Waals surface area contributed by atoms with Gasteiger partial charge < -0.3 is 19.5 Å². The fourth-order valence-corrected chi connectivity index (χ4v) is 4.08. The zero-order valence-corrected chi connectivity index (χ0v) is 20.2. The number of benzene rings is 2. The first-order valence-electron chi connectivity index (χ1n) is 11.3. The molecule has 0 spiro atoms. The molecule has 1 aliphatic rings. The van der Waals surface area contributed by atoms with Crippen LogP contribution in [0.15, 0.2) is 48.0 Å². The Morgan fingerprint density at radius 2 is 1.73 bits per heavy atom. The van der Waals surface area contributed by atoms with Crippen molar-refractivity contribution in [2.45, 2.75) is 52.7 Å². The van der Waals surface area contributed by atoms with Gasteiger partial charge in [0.05, 0.1) is 31.4 Å². The summed E-state index contributed by atoms with van der Waals surface area (Å²) in [4.78, 5) is 27.7. The van der Waals surface area contributed by atoms with Crippen molar-refractivity contribution in [3.63, 3.8) is 0 Å². The Labute approximate surface area is 195 Å². The van der Waals surface area contributed by atoms with Gasteiger partial charge in [0.15, 0.2) is 0 Å². The number of nitrogens with zero attached hydrogens (tertiary/aromatic N) is 1. The maximum atomic E-state index is 13.1. The van der Waals surface area contributed by atoms with E-state index in [9.17, 15) is 14.7 Å². The molecule has 1 heterocycles. The van der Waals surface area contributed by atoms with Crippen molar-refractivity contribution in [2.75, 3.05) is 20.3 Å². The molecule has 0 radical (unpaired) electrons. The minimum absolute atomic E-state index is 0.00699. The molecule has 6 nitrogen and oxygen atoms in total. The van der Waals surface area contributed by atoms with E-state index in [4.69, 9.17) is 9.47 Å². The molecule has 1 fully saturated rings. The van der Waals surface area contributed by atoms with E-state index in [1.165, 1.54) is 4.90 Å². The van der Waals surface area contributed by atoms with Gasteiger partial charge in [0.1, 0.15) is 11.5 Å². The molecule has 1 aliphatic heterocycles. The van der Waals surface area contributed by atoms with Crippen molar-refractivity contribution in [1.29, 1.82) is 0 Å². The molecule has 3 rings (SSSR count). The summed E-state index contributed by atoms with van der Waals surface area (Å²) in [6.45, 7) is 10.4. The standard InChI is InChI=1S/C27H33NO5/c1-16(2)19-7-9-20(10-8-19)24-23(25(29)22-12-11-21(32-6)15-18(22)5)26(30)27(31)28(24)13-14-33-17(3)4/h7-12,15-17,24,29H,13-14H2,1-6H3/b25-23-. The molecule has 1 saturated heterocycles. The summed E-state index contributed by atoms with van der Waals surface area (Å²) in [6, 6.07) is 12.4. The third-order valence-corrected chi connectivity index (χ3v) is 5.93. The Morgan fingerprint density at radius 3 is 2.27 bits per heavy atom. The fraction of sp³-hybridized carbons (Fsp3) is 0.407. The van der Waals surface area contributed by atoms with Crippen LogP contribution in [-0.4, -0.2) is 48.1 Å². The average Bonchev–Trinajstić information content (AvgIpc) is 3.03. The highest BCUT2D eigenvalue weighted by Crippen LogP contribution is 2.40. The minimum atomic E-state index is -0.691. The summed E-state index contributed by atoms with van der Waals surface area (Å²) in [5, 5.41) is 11.3. The number of ether oxygens (including phenoxy) is 2. The topological polar surface area (TPSA) is 76.1 Å². The fourth-order valence-electron chi connectivity index (χ4n) is 4.08. The van der Waals surface area contributed by atoms with Crippen LogP contribution < -0.4 is 4.74 Å².